The number of rotatable bonds is 3. The first-order chi connectivity index (χ1) is 7.90. The molecule has 1 heterocycles. The van der Waals surface area contributed by atoms with Crippen LogP contribution in [0.15, 0.2) is 17.5 Å². The summed E-state index contributed by atoms with van der Waals surface area (Å²) in [5.74, 6) is 10.7. The number of hydrazine groups is 1. The molecule has 5 unspecified atom stereocenters. The molecular weight excluding hydrogens is 216 g/mol. The van der Waals surface area contributed by atoms with Gasteiger partial charge in [0.05, 0.1) is 6.04 Å². The summed E-state index contributed by atoms with van der Waals surface area (Å²) in [6.07, 6.45) is 4.50. The highest BCUT2D eigenvalue weighted by Gasteiger charge is 2.66. The average Bonchev–Trinajstić information content (AvgIpc) is 2.78. The molecule has 0 aromatic carbocycles. The van der Waals surface area contributed by atoms with Gasteiger partial charge in [-0.3, -0.25) is 11.3 Å². The summed E-state index contributed by atoms with van der Waals surface area (Å²) >= 11 is 1.84. The SMILES string of the molecule is NNC(c1cccs1)C1C2C3CCC(C3)C21. The second-order valence-corrected chi connectivity index (χ2v) is 6.70. The summed E-state index contributed by atoms with van der Waals surface area (Å²) in [6, 6.07) is 4.79. The molecule has 2 nitrogen and oxygen atoms in total. The fourth-order valence-corrected chi connectivity index (χ4v) is 5.53. The molecule has 2 bridgehead atoms. The van der Waals surface area contributed by atoms with Crippen LogP contribution in [0.4, 0.5) is 0 Å². The van der Waals surface area contributed by atoms with E-state index in [9.17, 15) is 0 Å². The normalized spacial score (nSPS) is 45.7. The van der Waals surface area contributed by atoms with Crippen molar-refractivity contribution in [3.63, 3.8) is 0 Å². The van der Waals surface area contributed by atoms with E-state index >= 15 is 0 Å². The Labute approximate surface area is 100 Å². The van der Waals surface area contributed by atoms with Gasteiger partial charge in [-0.15, -0.1) is 11.3 Å². The molecule has 4 rings (SSSR count). The maximum atomic E-state index is 5.78. The zero-order chi connectivity index (χ0) is 10.7. The van der Waals surface area contributed by atoms with Crippen LogP contribution < -0.4 is 11.3 Å². The first-order valence-electron chi connectivity index (χ1n) is 6.39. The van der Waals surface area contributed by atoms with Crippen LogP contribution in [0.2, 0.25) is 0 Å². The van der Waals surface area contributed by atoms with Crippen molar-refractivity contribution in [3.05, 3.63) is 22.4 Å². The summed E-state index contributed by atoms with van der Waals surface area (Å²) in [5.41, 5.74) is 3.07. The minimum atomic E-state index is 0.429. The molecule has 0 spiro atoms. The highest BCUT2D eigenvalue weighted by atomic mass is 32.1. The van der Waals surface area contributed by atoms with Gasteiger partial charge in [-0.2, -0.15) is 0 Å². The van der Waals surface area contributed by atoms with Crippen molar-refractivity contribution in [2.45, 2.75) is 25.3 Å². The van der Waals surface area contributed by atoms with Gasteiger partial charge in [0.1, 0.15) is 0 Å². The van der Waals surface area contributed by atoms with Crippen molar-refractivity contribution in [1.29, 1.82) is 0 Å². The van der Waals surface area contributed by atoms with Crippen LogP contribution in [0, 0.1) is 29.6 Å². The molecule has 1 aromatic heterocycles. The molecule has 0 amide bonds. The molecule has 3 aliphatic rings. The largest absolute Gasteiger partial charge is 0.271 e. The summed E-state index contributed by atoms with van der Waals surface area (Å²) in [6.45, 7) is 0. The van der Waals surface area contributed by atoms with Crippen LogP contribution in [0.1, 0.15) is 30.2 Å². The Balaban J connectivity index is 1.59. The molecule has 0 aliphatic heterocycles. The van der Waals surface area contributed by atoms with E-state index in [0.717, 1.165) is 29.6 Å². The summed E-state index contributed by atoms with van der Waals surface area (Å²) in [7, 11) is 0. The third-order valence-electron chi connectivity index (χ3n) is 5.21. The maximum Gasteiger partial charge on any atom is 0.0587 e. The smallest absolute Gasteiger partial charge is 0.0587 e. The van der Waals surface area contributed by atoms with Gasteiger partial charge in [0.25, 0.3) is 0 Å². The van der Waals surface area contributed by atoms with Crippen LogP contribution in [0.25, 0.3) is 0 Å². The molecule has 3 heteroatoms. The summed E-state index contributed by atoms with van der Waals surface area (Å²) in [4.78, 5) is 1.43. The van der Waals surface area contributed by atoms with Gasteiger partial charge in [0.2, 0.25) is 0 Å². The van der Waals surface area contributed by atoms with Gasteiger partial charge < -0.3 is 0 Å². The Morgan fingerprint density at radius 2 is 2.06 bits per heavy atom. The Morgan fingerprint density at radius 1 is 1.31 bits per heavy atom. The van der Waals surface area contributed by atoms with Crippen LogP contribution in [-0.4, -0.2) is 0 Å². The average molecular weight is 234 g/mol. The third-order valence-corrected chi connectivity index (χ3v) is 6.16. The Bertz CT molecular complexity index is 373. The Morgan fingerprint density at radius 3 is 2.62 bits per heavy atom. The number of fused-ring (bicyclic) bond motifs is 5. The second kappa shape index (κ2) is 3.31. The standard InChI is InChI=1S/C13H18N2S/c14-15-13(9-2-1-5-16-9)12-10-7-3-4-8(6-7)11(10)12/h1-2,5,7-8,10-13,15H,3-4,6,14H2. The van der Waals surface area contributed by atoms with E-state index in [0.29, 0.717) is 6.04 Å². The molecule has 0 radical (unpaired) electrons. The van der Waals surface area contributed by atoms with Gasteiger partial charge in [-0.25, -0.2) is 0 Å². The lowest BCUT2D eigenvalue weighted by atomic mass is 9.97. The van der Waals surface area contributed by atoms with Crippen molar-refractivity contribution >= 4 is 11.3 Å². The Kier molecular flexibility index (Phi) is 1.99. The topological polar surface area (TPSA) is 38.0 Å². The van der Waals surface area contributed by atoms with E-state index in [1.807, 2.05) is 11.3 Å². The van der Waals surface area contributed by atoms with Gasteiger partial charge >= 0.3 is 0 Å². The van der Waals surface area contributed by atoms with Gasteiger partial charge in [-0.05, 0) is 60.3 Å². The molecule has 3 fully saturated rings. The molecule has 1 aromatic rings. The monoisotopic (exact) mass is 234 g/mol. The molecule has 5 atom stereocenters. The van der Waals surface area contributed by atoms with E-state index in [1.165, 1.54) is 24.1 Å². The van der Waals surface area contributed by atoms with Gasteiger partial charge in [0, 0.05) is 4.88 Å². The van der Waals surface area contributed by atoms with Gasteiger partial charge in [-0.1, -0.05) is 6.07 Å². The van der Waals surface area contributed by atoms with Crippen LogP contribution in [-0.2, 0) is 0 Å². The quantitative estimate of drug-likeness (QED) is 0.623. The molecule has 16 heavy (non-hydrogen) atoms. The number of hydrogen-bond donors (Lipinski definition) is 2. The van der Waals surface area contributed by atoms with E-state index in [4.69, 9.17) is 5.84 Å². The predicted molar refractivity (Wildman–Crippen MR) is 65.7 cm³/mol. The fraction of sp³-hybridized carbons (Fsp3) is 0.692. The van der Waals surface area contributed by atoms with E-state index in [2.05, 4.69) is 22.9 Å². The summed E-state index contributed by atoms with van der Waals surface area (Å²) in [5, 5.41) is 2.16. The highest BCUT2D eigenvalue weighted by molar-refractivity contribution is 7.10. The lowest BCUT2D eigenvalue weighted by molar-refractivity contribution is 0.377. The Hall–Kier alpha value is -0.380. The van der Waals surface area contributed by atoms with Crippen molar-refractivity contribution in [1.82, 2.24) is 5.43 Å². The van der Waals surface area contributed by atoms with Crippen LogP contribution in [0.3, 0.4) is 0 Å². The summed E-state index contributed by atoms with van der Waals surface area (Å²) < 4.78 is 0. The van der Waals surface area contributed by atoms with Crippen molar-refractivity contribution in [2.75, 3.05) is 0 Å². The van der Waals surface area contributed by atoms with Crippen molar-refractivity contribution in [2.24, 2.45) is 35.4 Å². The van der Waals surface area contributed by atoms with Crippen molar-refractivity contribution in [3.8, 4) is 0 Å². The molecule has 3 saturated carbocycles. The van der Waals surface area contributed by atoms with Crippen LogP contribution >= 0.6 is 11.3 Å². The minimum absolute atomic E-state index is 0.429. The molecule has 3 aliphatic carbocycles. The zero-order valence-corrected chi connectivity index (χ0v) is 10.1. The lowest BCUT2D eigenvalue weighted by Crippen LogP contribution is -2.30. The molecular formula is C13H18N2S. The zero-order valence-electron chi connectivity index (χ0n) is 9.30. The van der Waals surface area contributed by atoms with Crippen LogP contribution in [0.5, 0.6) is 0 Å². The molecule has 3 N–H and O–H groups in total. The maximum absolute atomic E-state index is 5.78. The third kappa shape index (κ3) is 1.14. The van der Waals surface area contributed by atoms with Crippen molar-refractivity contribution < 1.29 is 0 Å². The number of nitrogens with one attached hydrogen (secondary N) is 1. The van der Waals surface area contributed by atoms with E-state index in [1.54, 1.807) is 0 Å². The number of hydrogen-bond acceptors (Lipinski definition) is 3. The highest BCUT2D eigenvalue weighted by Crippen LogP contribution is 2.72. The predicted octanol–water partition coefficient (Wildman–Crippen LogP) is 2.54. The minimum Gasteiger partial charge on any atom is -0.271 e. The molecule has 86 valence electrons. The number of nitrogens with two attached hydrogens (primary N) is 1. The first kappa shape index (κ1) is 9.63. The molecule has 0 saturated heterocycles. The second-order valence-electron chi connectivity index (χ2n) is 5.73. The van der Waals surface area contributed by atoms with Gasteiger partial charge in [0.15, 0.2) is 0 Å². The van der Waals surface area contributed by atoms with E-state index in [-0.39, 0.29) is 0 Å². The van der Waals surface area contributed by atoms with E-state index < -0.39 is 0 Å². The lowest BCUT2D eigenvalue weighted by Gasteiger charge is -2.18. The number of thiophene rings is 1. The fourth-order valence-electron chi connectivity index (χ4n) is 4.69. The first-order valence-corrected chi connectivity index (χ1v) is 7.27.